The van der Waals surface area contributed by atoms with E-state index in [0.29, 0.717) is 6.42 Å². The maximum atomic E-state index is 11.5. The summed E-state index contributed by atoms with van der Waals surface area (Å²) < 4.78 is 0. The number of nitrogens with one attached hydrogen (secondary N) is 1. The van der Waals surface area contributed by atoms with Gasteiger partial charge in [-0.25, -0.2) is 0 Å². The summed E-state index contributed by atoms with van der Waals surface area (Å²) in [5.74, 6) is 0.0287. The van der Waals surface area contributed by atoms with Crippen molar-refractivity contribution in [2.45, 2.75) is 63.8 Å². The van der Waals surface area contributed by atoms with Crippen LogP contribution in [0.5, 0.6) is 0 Å². The Labute approximate surface area is 91.9 Å². The minimum Gasteiger partial charge on any atom is -0.338 e. The summed E-state index contributed by atoms with van der Waals surface area (Å²) in [5, 5.41) is 12.1. The molecule has 1 saturated carbocycles. The van der Waals surface area contributed by atoms with E-state index in [1.165, 1.54) is 12.8 Å². The Kier molecular flexibility index (Phi) is 4.61. The molecule has 0 atom stereocenters. The zero-order valence-electron chi connectivity index (χ0n) is 9.51. The van der Waals surface area contributed by atoms with Crippen molar-refractivity contribution in [3.05, 3.63) is 0 Å². The average Bonchev–Trinajstić information content (AvgIpc) is 2.44. The van der Waals surface area contributed by atoms with E-state index in [1.807, 2.05) is 6.92 Å². The van der Waals surface area contributed by atoms with Crippen LogP contribution >= 0.6 is 0 Å². The van der Waals surface area contributed by atoms with E-state index in [0.717, 1.165) is 32.1 Å². The first-order valence-electron chi connectivity index (χ1n) is 5.95. The van der Waals surface area contributed by atoms with Gasteiger partial charge in [0.15, 0.2) is 0 Å². The predicted octanol–water partition coefficient (Wildman–Crippen LogP) is 2.52. The lowest BCUT2D eigenvalue weighted by atomic mass is 9.91. The molecule has 1 amide bonds. The van der Waals surface area contributed by atoms with Gasteiger partial charge in [-0.1, -0.05) is 32.6 Å². The van der Waals surface area contributed by atoms with Gasteiger partial charge in [0, 0.05) is 6.42 Å². The molecule has 3 heteroatoms. The van der Waals surface area contributed by atoms with Crippen LogP contribution < -0.4 is 5.32 Å². The highest BCUT2D eigenvalue weighted by atomic mass is 16.1. The Hall–Kier alpha value is -1.04. The Morgan fingerprint density at radius 1 is 1.33 bits per heavy atom. The summed E-state index contributed by atoms with van der Waals surface area (Å²) in [4.78, 5) is 11.5. The number of hydrogen-bond donors (Lipinski definition) is 1. The third-order valence-electron chi connectivity index (χ3n) is 3.03. The lowest BCUT2D eigenvalue weighted by molar-refractivity contribution is -0.122. The van der Waals surface area contributed by atoms with Crippen molar-refractivity contribution in [2.24, 2.45) is 0 Å². The topological polar surface area (TPSA) is 52.9 Å². The van der Waals surface area contributed by atoms with Crippen molar-refractivity contribution in [3.8, 4) is 6.07 Å². The quantitative estimate of drug-likeness (QED) is 0.724. The van der Waals surface area contributed by atoms with Crippen LogP contribution in [0.25, 0.3) is 0 Å². The smallest absolute Gasteiger partial charge is 0.221 e. The van der Waals surface area contributed by atoms with E-state index in [1.54, 1.807) is 0 Å². The predicted molar refractivity (Wildman–Crippen MR) is 59.1 cm³/mol. The molecule has 84 valence electrons. The van der Waals surface area contributed by atoms with Gasteiger partial charge < -0.3 is 5.32 Å². The summed E-state index contributed by atoms with van der Waals surface area (Å²) in [5.41, 5.74) is -0.567. The first kappa shape index (κ1) is 12.0. The van der Waals surface area contributed by atoms with Crippen molar-refractivity contribution < 1.29 is 4.79 Å². The molecule has 3 nitrogen and oxygen atoms in total. The van der Waals surface area contributed by atoms with E-state index in [4.69, 9.17) is 0 Å². The van der Waals surface area contributed by atoms with E-state index >= 15 is 0 Å². The number of nitrogens with zero attached hydrogens (tertiary/aromatic N) is 1. The molecule has 1 rings (SSSR count). The lowest BCUT2D eigenvalue weighted by Gasteiger charge is -2.26. The van der Waals surface area contributed by atoms with E-state index in [-0.39, 0.29) is 5.91 Å². The monoisotopic (exact) mass is 208 g/mol. The molecular formula is C12H20N2O. The molecule has 1 aliphatic carbocycles. The van der Waals surface area contributed by atoms with Crippen molar-refractivity contribution in [1.29, 1.82) is 5.26 Å². The molecule has 1 N–H and O–H groups in total. The molecule has 0 aliphatic heterocycles. The van der Waals surface area contributed by atoms with Crippen LogP contribution in [0.4, 0.5) is 0 Å². The third kappa shape index (κ3) is 3.54. The summed E-state index contributed by atoms with van der Waals surface area (Å²) in [6.45, 7) is 1.98. The van der Waals surface area contributed by atoms with Gasteiger partial charge in [-0.15, -0.1) is 0 Å². The summed E-state index contributed by atoms with van der Waals surface area (Å²) >= 11 is 0. The van der Waals surface area contributed by atoms with Crippen LogP contribution in [0.1, 0.15) is 58.3 Å². The Bertz CT molecular complexity index is 247. The molecule has 0 bridgehead atoms. The van der Waals surface area contributed by atoms with Gasteiger partial charge in [0.05, 0.1) is 6.07 Å². The highest BCUT2D eigenvalue weighted by molar-refractivity contribution is 5.77. The van der Waals surface area contributed by atoms with Gasteiger partial charge in [0.2, 0.25) is 5.91 Å². The summed E-state index contributed by atoms with van der Waals surface area (Å²) in [6, 6.07) is 2.31. The lowest BCUT2D eigenvalue weighted by Crippen LogP contribution is -2.46. The van der Waals surface area contributed by atoms with Gasteiger partial charge >= 0.3 is 0 Å². The van der Waals surface area contributed by atoms with Crippen LogP contribution in [0, 0.1) is 11.3 Å². The van der Waals surface area contributed by atoms with Crippen LogP contribution in [0.2, 0.25) is 0 Å². The second-order valence-electron chi connectivity index (χ2n) is 4.41. The van der Waals surface area contributed by atoms with Gasteiger partial charge in [-0.3, -0.25) is 4.79 Å². The van der Waals surface area contributed by atoms with Crippen LogP contribution in [0.15, 0.2) is 0 Å². The largest absolute Gasteiger partial charge is 0.338 e. The van der Waals surface area contributed by atoms with E-state index < -0.39 is 5.54 Å². The normalized spacial score (nSPS) is 20.0. The number of amides is 1. The zero-order valence-corrected chi connectivity index (χ0v) is 9.51. The molecule has 15 heavy (non-hydrogen) atoms. The molecule has 1 fully saturated rings. The van der Waals surface area contributed by atoms with Crippen LogP contribution in [-0.4, -0.2) is 11.4 Å². The Morgan fingerprint density at radius 3 is 2.40 bits per heavy atom. The summed E-state index contributed by atoms with van der Waals surface area (Å²) in [7, 11) is 0. The minimum atomic E-state index is -0.567. The fourth-order valence-electron chi connectivity index (χ4n) is 2.15. The van der Waals surface area contributed by atoms with Crippen molar-refractivity contribution in [3.63, 3.8) is 0 Å². The molecule has 0 aromatic heterocycles. The maximum Gasteiger partial charge on any atom is 0.221 e. The molecule has 0 aromatic rings. The summed E-state index contributed by atoms with van der Waals surface area (Å²) in [6.07, 6.45) is 7.49. The molecule has 0 unspecified atom stereocenters. The number of hydrogen-bond acceptors (Lipinski definition) is 2. The zero-order chi connectivity index (χ0) is 11.1. The number of carbonyl (C=O) groups is 1. The van der Waals surface area contributed by atoms with Crippen molar-refractivity contribution >= 4 is 5.91 Å². The Balaban J connectivity index is 2.58. The SMILES string of the molecule is CCCC(=O)NC1(C#N)CCCCCC1. The minimum absolute atomic E-state index is 0.0287. The molecule has 1 aliphatic rings. The fraction of sp³-hybridized carbons (Fsp3) is 0.833. The maximum absolute atomic E-state index is 11.5. The highest BCUT2D eigenvalue weighted by Gasteiger charge is 2.31. The van der Waals surface area contributed by atoms with Gasteiger partial charge in [-0.05, 0) is 19.3 Å². The molecule has 0 radical (unpaired) electrons. The van der Waals surface area contributed by atoms with Crippen molar-refractivity contribution in [1.82, 2.24) is 5.32 Å². The molecule has 0 spiro atoms. The number of nitriles is 1. The first-order valence-corrected chi connectivity index (χ1v) is 5.95. The van der Waals surface area contributed by atoms with Gasteiger partial charge in [0.25, 0.3) is 0 Å². The third-order valence-corrected chi connectivity index (χ3v) is 3.03. The number of rotatable bonds is 3. The van der Waals surface area contributed by atoms with E-state index in [9.17, 15) is 10.1 Å². The highest BCUT2D eigenvalue weighted by Crippen LogP contribution is 2.26. The standard InChI is InChI=1S/C12H20N2O/c1-2-7-11(15)14-12(10-13)8-5-3-4-6-9-12/h2-9H2,1H3,(H,14,15). The van der Waals surface area contributed by atoms with Crippen LogP contribution in [0.3, 0.4) is 0 Å². The number of carbonyl (C=O) groups excluding carboxylic acids is 1. The van der Waals surface area contributed by atoms with Gasteiger partial charge in [-0.2, -0.15) is 5.26 Å². The molecule has 0 saturated heterocycles. The molecular weight excluding hydrogens is 188 g/mol. The second kappa shape index (κ2) is 5.75. The molecule has 0 heterocycles. The van der Waals surface area contributed by atoms with Gasteiger partial charge in [0.1, 0.15) is 5.54 Å². The first-order chi connectivity index (χ1) is 7.22. The van der Waals surface area contributed by atoms with Crippen molar-refractivity contribution in [2.75, 3.05) is 0 Å². The van der Waals surface area contributed by atoms with Crippen LogP contribution in [-0.2, 0) is 4.79 Å². The van der Waals surface area contributed by atoms with E-state index in [2.05, 4.69) is 11.4 Å². The average molecular weight is 208 g/mol. The Morgan fingerprint density at radius 2 is 1.93 bits per heavy atom. The fourth-order valence-corrected chi connectivity index (χ4v) is 2.15. The molecule has 0 aromatic carbocycles. The second-order valence-corrected chi connectivity index (χ2v) is 4.41.